The predicted octanol–water partition coefficient (Wildman–Crippen LogP) is 2.70. The van der Waals surface area contributed by atoms with Crippen molar-refractivity contribution in [1.82, 2.24) is 5.32 Å². The summed E-state index contributed by atoms with van der Waals surface area (Å²) in [5.74, 6) is 0.703. The summed E-state index contributed by atoms with van der Waals surface area (Å²) in [6.07, 6.45) is 5.69. The molecule has 0 aliphatic heterocycles. The van der Waals surface area contributed by atoms with Gasteiger partial charge in [-0.25, -0.2) is 0 Å². The van der Waals surface area contributed by atoms with Gasteiger partial charge in [0.15, 0.2) is 6.23 Å². The number of nitrogens with one attached hydrogen (secondary N) is 1. The van der Waals surface area contributed by atoms with Gasteiger partial charge in [-0.1, -0.05) is 40.0 Å². The van der Waals surface area contributed by atoms with Crippen LogP contribution in [0.5, 0.6) is 0 Å². The fourth-order valence-electron chi connectivity index (χ4n) is 1.60. The number of hydrogen-bond acceptors (Lipinski definition) is 3. The SMILES string of the molecule is CCCCC(CC)CNC(CC)OC=O. The summed E-state index contributed by atoms with van der Waals surface area (Å²) in [6.45, 7) is 7.90. The highest BCUT2D eigenvalue weighted by Gasteiger charge is 2.09. The molecule has 0 bridgehead atoms. The van der Waals surface area contributed by atoms with E-state index in [0.717, 1.165) is 13.0 Å². The maximum Gasteiger partial charge on any atom is 0.294 e. The Hall–Kier alpha value is -0.570. The van der Waals surface area contributed by atoms with Crippen LogP contribution >= 0.6 is 0 Å². The lowest BCUT2D eigenvalue weighted by atomic mass is 9.99. The second kappa shape index (κ2) is 9.97. The first-order valence-corrected chi connectivity index (χ1v) is 6.10. The molecule has 0 aromatic carbocycles. The zero-order valence-electron chi connectivity index (χ0n) is 10.3. The van der Waals surface area contributed by atoms with Crippen molar-refractivity contribution in [1.29, 1.82) is 0 Å². The van der Waals surface area contributed by atoms with Crippen molar-refractivity contribution in [2.75, 3.05) is 6.54 Å². The van der Waals surface area contributed by atoms with Gasteiger partial charge in [0.25, 0.3) is 6.47 Å². The maximum atomic E-state index is 10.2. The second-order valence-corrected chi connectivity index (χ2v) is 3.95. The molecule has 3 nitrogen and oxygen atoms in total. The van der Waals surface area contributed by atoms with Gasteiger partial charge in [-0.05, 0) is 18.8 Å². The highest BCUT2D eigenvalue weighted by Crippen LogP contribution is 2.11. The van der Waals surface area contributed by atoms with E-state index >= 15 is 0 Å². The average Bonchev–Trinajstić information content (AvgIpc) is 2.27. The lowest BCUT2D eigenvalue weighted by Crippen LogP contribution is -2.34. The van der Waals surface area contributed by atoms with Crippen molar-refractivity contribution >= 4 is 6.47 Å². The monoisotopic (exact) mass is 215 g/mol. The molecule has 0 aliphatic rings. The third-order valence-electron chi connectivity index (χ3n) is 2.77. The molecule has 0 fully saturated rings. The summed E-state index contributed by atoms with van der Waals surface area (Å²) in [5, 5.41) is 3.28. The molecule has 0 saturated heterocycles. The molecule has 2 unspecified atom stereocenters. The van der Waals surface area contributed by atoms with Crippen molar-refractivity contribution in [3.05, 3.63) is 0 Å². The topological polar surface area (TPSA) is 38.3 Å². The van der Waals surface area contributed by atoms with Gasteiger partial charge < -0.3 is 4.74 Å². The molecular formula is C12H25NO2. The van der Waals surface area contributed by atoms with Crippen LogP contribution in [-0.4, -0.2) is 19.2 Å². The van der Waals surface area contributed by atoms with Gasteiger partial charge in [-0.3, -0.25) is 10.1 Å². The number of carbonyl (C=O) groups excluding carboxylic acids is 1. The van der Waals surface area contributed by atoms with Gasteiger partial charge in [0, 0.05) is 6.54 Å². The molecule has 0 saturated carbocycles. The summed E-state index contributed by atoms with van der Waals surface area (Å²) >= 11 is 0. The van der Waals surface area contributed by atoms with E-state index in [0.29, 0.717) is 12.4 Å². The molecule has 0 aromatic heterocycles. The molecule has 90 valence electrons. The van der Waals surface area contributed by atoms with Gasteiger partial charge in [0.1, 0.15) is 0 Å². The van der Waals surface area contributed by atoms with E-state index in [-0.39, 0.29) is 6.23 Å². The van der Waals surface area contributed by atoms with E-state index in [2.05, 4.69) is 19.2 Å². The lowest BCUT2D eigenvalue weighted by Gasteiger charge is -2.20. The lowest BCUT2D eigenvalue weighted by molar-refractivity contribution is -0.135. The first-order chi connectivity index (χ1) is 7.28. The van der Waals surface area contributed by atoms with E-state index < -0.39 is 0 Å². The average molecular weight is 215 g/mol. The van der Waals surface area contributed by atoms with Crippen LogP contribution in [0.25, 0.3) is 0 Å². The van der Waals surface area contributed by atoms with Gasteiger partial charge in [0.05, 0.1) is 0 Å². The molecular weight excluding hydrogens is 190 g/mol. The van der Waals surface area contributed by atoms with Crippen molar-refractivity contribution < 1.29 is 9.53 Å². The minimum atomic E-state index is -0.113. The minimum Gasteiger partial charge on any atom is -0.449 e. The maximum absolute atomic E-state index is 10.2. The van der Waals surface area contributed by atoms with Crippen molar-refractivity contribution in [2.24, 2.45) is 5.92 Å². The Morgan fingerprint density at radius 2 is 2.00 bits per heavy atom. The number of unbranched alkanes of at least 4 members (excludes halogenated alkanes) is 1. The summed E-state index contributed by atoms with van der Waals surface area (Å²) in [4.78, 5) is 10.2. The normalized spacial score (nSPS) is 14.6. The van der Waals surface area contributed by atoms with Gasteiger partial charge in [0.2, 0.25) is 0 Å². The van der Waals surface area contributed by atoms with E-state index in [1.165, 1.54) is 25.7 Å². The van der Waals surface area contributed by atoms with Crippen molar-refractivity contribution in [3.8, 4) is 0 Å². The van der Waals surface area contributed by atoms with Crippen LogP contribution in [-0.2, 0) is 9.53 Å². The van der Waals surface area contributed by atoms with Crippen LogP contribution < -0.4 is 5.32 Å². The Bertz CT molecular complexity index is 151. The van der Waals surface area contributed by atoms with Crippen LogP contribution in [0.2, 0.25) is 0 Å². The Balaban J connectivity index is 3.70. The smallest absolute Gasteiger partial charge is 0.294 e. The van der Waals surface area contributed by atoms with Crippen LogP contribution in [0.1, 0.15) is 52.9 Å². The third-order valence-corrected chi connectivity index (χ3v) is 2.77. The molecule has 3 heteroatoms. The predicted molar refractivity (Wildman–Crippen MR) is 62.5 cm³/mol. The Morgan fingerprint density at radius 1 is 1.27 bits per heavy atom. The summed E-state index contributed by atoms with van der Waals surface area (Å²) in [6, 6.07) is 0. The van der Waals surface area contributed by atoms with Crippen molar-refractivity contribution in [3.63, 3.8) is 0 Å². The molecule has 1 N–H and O–H groups in total. The molecule has 0 radical (unpaired) electrons. The minimum absolute atomic E-state index is 0.113. The number of rotatable bonds is 10. The zero-order chi connectivity index (χ0) is 11.5. The van der Waals surface area contributed by atoms with Gasteiger partial charge >= 0.3 is 0 Å². The fraction of sp³-hybridized carbons (Fsp3) is 0.917. The largest absolute Gasteiger partial charge is 0.449 e. The van der Waals surface area contributed by atoms with Crippen LogP contribution in [0.3, 0.4) is 0 Å². The van der Waals surface area contributed by atoms with Crippen molar-refractivity contribution in [2.45, 2.75) is 59.1 Å². The summed E-state index contributed by atoms with van der Waals surface area (Å²) in [7, 11) is 0. The molecule has 0 heterocycles. The van der Waals surface area contributed by atoms with Crippen LogP contribution in [0, 0.1) is 5.92 Å². The summed E-state index contributed by atoms with van der Waals surface area (Å²) in [5.41, 5.74) is 0. The van der Waals surface area contributed by atoms with Gasteiger partial charge in [-0.2, -0.15) is 0 Å². The van der Waals surface area contributed by atoms with E-state index in [1.54, 1.807) is 0 Å². The first kappa shape index (κ1) is 14.4. The number of hydrogen-bond donors (Lipinski definition) is 1. The highest BCUT2D eigenvalue weighted by atomic mass is 16.5. The molecule has 0 spiro atoms. The van der Waals surface area contributed by atoms with Gasteiger partial charge in [-0.15, -0.1) is 0 Å². The molecule has 0 rings (SSSR count). The van der Waals surface area contributed by atoms with Crippen LogP contribution in [0.15, 0.2) is 0 Å². The number of ether oxygens (including phenoxy) is 1. The Kier molecular flexibility index (Phi) is 9.59. The Labute approximate surface area is 93.6 Å². The molecule has 0 aliphatic carbocycles. The highest BCUT2D eigenvalue weighted by molar-refractivity contribution is 5.37. The Morgan fingerprint density at radius 3 is 2.47 bits per heavy atom. The molecule has 0 aromatic rings. The first-order valence-electron chi connectivity index (χ1n) is 6.10. The third kappa shape index (κ3) is 7.37. The molecule has 15 heavy (non-hydrogen) atoms. The zero-order valence-corrected chi connectivity index (χ0v) is 10.3. The fourth-order valence-corrected chi connectivity index (χ4v) is 1.60. The second-order valence-electron chi connectivity index (χ2n) is 3.95. The number of carbonyl (C=O) groups is 1. The standard InChI is InChI=1S/C12H25NO2/c1-4-7-8-11(5-2)9-13-12(6-3)15-10-14/h10-13H,4-9H2,1-3H3. The van der Waals surface area contributed by atoms with Crippen LogP contribution in [0.4, 0.5) is 0 Å². The molecule has 0 amide bonds. The van der Waals surface area contributed by atoms with E-state index in [4.69, 9.17) is 4.74 Å². The van der Waals surface area contributed by atoms with E-state index in [1.807, 2.05) is 6.92 Å². The van der Waals surface area contributed by atoms with E-state index in [9.17, 15) is 4.79 Å². The quantitative estimate of drug-likeness (QED) is 0.450. The molecule has 2 atom stereocenters. The summed E-state index contributed by atoms with van der Waals surface area (Å²) < 4.78 is 4.90.